The number of hydrogen-bond acceptors (Lipinski definition) is 4. The number of carbonyl (C=O) groups is 1. The van der Waals surface area contributed by atoms with Gasteiger partial charge in [-0.3, -0.25) is 4.79 Å². The minimum Gasteiger partial charge on any atom is -0.294 e. The van der Waals surface area contributed by atoms with Crippen molar-refractivity contribution >= 4 is 21.7 Å². The SMILES string of the molecule is Cn1nnc(CC(=O)c2ccc(Br)c(F)c2)n1. The molecular weight excluding hydrogens is 291 g/mol. The van der Waals surface area contributed by atoms with Gasteiger partial charge in [0.15, 0.2) is 11.6 Å². The van der Waals surface area contributed by atoms with Crippen LogP contribution < -0.4 is 0 Å². The summed E-state index contributed by atoms with van der Waals surface area (Å²) in [7, 11) is 1.61. The third kappa shape index (κ3) is 2.73. The molecular formula is C10H8BrFN4O. The number of nitrogens with zero attached hydrogens (tertiary/aromatic N) is 4. The summed E-state index contributed by atoms with van der Waals surface area (Å²) >= 11 is 3.02. The summed E-state index contributed by atoms with van der Waals surface area (Å²) in [6.07, 6.45) is 0.00884. The number of hydrogen-bond donors (Lipinski definition) is 0. The molecule has 0 aliphatic carbocycles. The van der Waals surface area contributed by atoms with Crippen LogP contribution in [0, 0.1) is 5.82 Å². The van der Waals surface area contributed by atoms with Gasteiger partial charge in [-0.1, -0.05) is 6.07 Å². The third-order valence-electron chi connectivity index (χ3n) is 2.11. The van der Waals surface area contributed by atoms with Crippen molar-refractivity contribution < 1.29 is 9.18 Å². The second-order valence-electron chi connectivity index (χ2n) is 3.42. The molecule has 2 rings (SSSR count). The second-order valence-corrected chi connectivity index (χ2v) is 4.28. The lowest BCUT2D eigenvalue weighted by Crippen LogP contribution is -2.06. The molecule has 0 radical (unpaired) electrons. The second kappa shape index (κ2) is 4.70. The van der Waals surface area contributed by atoms with Gasteiger partial charge in [0.1, 0.15) is 5.82 Å². The first-order chi connectivity index (χ1) is 8.06. The highest BCUT2D eigenvalue weighted by Gasteiger charge is 2.12. The number of carbonyl (C=O) groups excluding carboxylic acids is 1. The molecule has 88 valence electrons. The molecule has 0 amide bonds. The summed E-state index contributed by atoms with van der Waals surface area (Å²) in [5, 5.41) is 11.2. The smallest absolute Gasteiger partial charge is 0.182 e. The van der Waals surface area contributed by atoms with Gasteiger partial charge in [-0.05, 0) is 33.3 Å². The minimum atomic E-state index is -0.469. The van der Waals surface area contributed by atoms with E-state index in [4.69, 9.17) is 0 Å². The van der Waals surface area contributed by atoms with E-state index < -0.39 is 5.82 Å². The normalized spacial score (nSPS) is 10.5. The molecule has 0 aliphatic heterocycles. The first kappa shape index (κ1) is 11.8. The largest absolute Gasteiger partial charge is 0.294 e. The summed E-state index contributed by atoms with van der Waals surface area (Å²) in [6, 6.07) is 4.22. The average Bonchev–Trinajstić information content (AvgIpc) is 2.68. The number of aryl methyl sites for hydroxylation is 1. The Labute approximate surface area is 105 Å². The van der Waals surface area contributed by atoms with Gasteiger partial charge in [0.05, 0.1) is 17.9 Å². The van der Waals surface area contributed by atoms with Gasteiger partial charge in [0.25, 0.3) is 0 Å². The Balaban J connectivity index is 2.17. The number of Topliss-reactive ketones (excluding diaryl/α,β-unsaturated/α-hetero) is 1. The molecule has 0 spiro atoms. The van der Waals surface area contributed by atoms with Crippen molar-refractivity contribution in [3.63, 3.8) is 0 Å². The number of aromatic nitrogens is 4. The lowest BCUT2D eigenvalue weighted by Gasteiger charge is -1.99. The zero-order chi connectivity index (χ0) is 12.4. The topological polar surface area (TPSA) is 60.7 Å². The molecule has 2 aromatic rings. The molecule has 17 heavy (non-hydrogen) atoms. The number of tetrazole rings is 1. The van der Waals surface area contributed by atoms with Crippen molar-refractivity contribution in [1.82, 2.24) is 20.2 Å². The molecule has 0 unspecified atom stereocenters. The molecule has 0 saturated heterocycles. The van der Waals surface area contributed by atoms with E-state index in [0.29, 0.717) is 10.3 Å². The fourth-order valence-corrected chi connectivity index (χ4v) is 1.56. The van der Waals surface area contributed by atoms with Gasteiger partial charge in [0.2, 0.25) is 0 Å². The molecule has 0 aliphatic rings. The zero-order valence-electron chi connectivity index (χ0n) is 8.89. The molecule has 0 atom stereocenters. The Morgan fingerprint density at radius 2 is 2.29 bits per heavy atom. The summed E-state index contributed by atoms with van der Waals surface area (Å²) in [5.74, 6) is -0.395. The van der Waals surface area contributed by atoms with Crippen LogP contribution in [-0.2, 0) is 13.5 Å². The van der Waals surface area contributed by atoms with E-state index >= 15 is 0 Å². The van der Waals surface area contributed by atoms with Crippen molar-refractivity contribution in [1.29, 1.82) is 0 Å². The minimum absolute atomic E-state index is 0.00884. The first-order valence-corrected chi connectivity index (χ1v) is 5.56. The highest BCUT2D eigenvalue weighted by atomic mass is 79.9. The van der Waals surface area contributed by atoms with Crippen LogP contribution in [0.2, 0.25) is 0 Å². The zero-order valence-corrected chi connectivity index (χ0v) is 10.5. The van der Waals surface area contributed by atoms with Gasteiger partial charge >= 0.3 is 0 Å². The summed E-state index contributed by atoms with van der Waals surface area (Å²) in [6.45, 7) is 0. The standard InChI is InChI=1S/C10H8BrFN4O/c1-16-14-10(13-15-16)5-9(17)6-2-3-7(11)8(12)4-6/h2-4H,5H2,1H3. The van der Waals surface area contributed by atoms with E-state index in [1.54, 1.807) is 13.1 Å². The number of rotatable bonds is 3. The van der Waals surface area contributed by atoms with Crippen molar-refractivity contribution in [3.05, 3.63) is 39.9 Å². The third-order valence-corrected chi connectivity index (χ3v) is 2.75. The first-order valence-electron chi connectivity index (χ1n) is 4.77. The molecule has 1 heterocycles. The molecule has 0 bridgehead atoms. The van der Waals surface area contributed by atoms with Gasteiger partial charge in [0, 0.05) is 5.56 Å². The van der Waals surface area contributed by atoms with Crippen LogP contribution in [0.4, 0.5) is 4.39 Å². The predicted octanol–water partition coefficient (Wildman–Crippen LogP) is 1.54. The predicted molar refractivity (Wildman–Crippen MR) is 60.9 cm³/mol. The van der Waals surface area contributed by atoms with E-state index in [9.17, 15) is 9.18 Å². The lowest BCUT2D eigenvalue weighted by atomic mass is 10.1. The molecule has 5 nitrogen and oxygen atoms in total. The quantitative estimate of drug-likeness (QED) is 0.807. The Hall–Kier alpha value is -1.63. The van der Waals surface area contributed by atoms with Gasteiger partial charge < -0.3 is 0 Å². The van der Waals surface area contributed by atoms with Crippen LogP contribution in [0.3, 0.4) is 0 Å². The van der Waals surface area contributed by atoms with E-state index in [2.05, 4.69) is 31.3 Å². The van der Waals surface area contributed by atoms with Crippen molar-refractivity contribution in [2.75, 3.05) is 0 Å². The summed E-state index contributed by atoms with van der Waals surface area (Å²) in [5.41, 5.74) is 0.290. The molecule has 0 fully saturated rings. The maximum absolute atomic E-state index is 13.2. The van der Waals surface area contributed by atoms with Gasteiger partial charge in [-0.25, -0.2) is 4.39 Å². The molecule has 1 aromatic heterocycles. The van der Waals surface area contributed by atoms with Crippen LogP contribution in [0.25, 0.3) is 0 Å². The number of halogens is 2. The Morgan fingerprint density at radius 3 is 2.88 bits per heavy atom. The van der Waals surface area contributed by atoms with Gasteiger partial charge in [-0.15, -0.1) is 10.2 Å². The highest BCUT2D eigenvalue weighted by Crippen LogP contribution is 2.17. The summed E-state index contributed by atoms with van der Waals surface area (Å²) in [4.78, 5) is 13.1. The van der Waals surface area contributed by atoms with E-state index in [1.165, 1.54) is 16.9 Å². The lowest BCUT2D eigenvalue weighted by molar-refractivity contribution is 0.0990. The van der Waals surface area contributed by atoms with E-state index in [-0.39, 0.29) is 17.8 Å². The van der Waals surface area contributed by atoms with E-state index in [1.807, 2.05) is 0 Å². The monoisotopic (exact) mass is 298 g/mol. The average molecular weight is 299 g/mol. The Morgan fingerprint density at radius 1 is 1.53 bits per heavy atom. The maximum Gasteiger partial charge on any atom is 0.182 e. The van der Waals surface area contributed by atoms with Crippen molar-refractivity contribution in [2.24, 2.45) is 7.05 Å². The van der Waals surface area contributed by atoms with Gasteiger partial charge in [-0.2, -0.15) is 4.80 Å². The van der Waals surface area contributed by atoms with Crippen LogP contribution in [0.15, 0.2) is 22.7 Å². The fourth-order valence-electron chi connectivity index (χ4n) is 1.31. The van der Waals surface area contributed by atoms with Crippen LogP contribution in [0.5, 0.6) is 0 Å². The highest BCUT2D eigenvalue weighted by molar-refractivity contribution is 9.10. The molecule has 0 saturated carbocycles. The maximum atomic E-state index is 13.2. The van der Waals surface area contributed by atoms with Crippen molar-refractivity contribution in [2.45, 2.75) is 6.42 Å². The van der Waals surface area contributed by atoms with Crippen LogP contribution in [-0.4, -0.2) is 26.0 Å². The molecule has 7 heteroatoms. The van der Waals surface area contributed by atoms with Crippen LogP contribution >= 0.6 is 15.9 Å². The Bertz CT molecular complexity index is 569. The van der Waals surface area contributed by atoms with Crippen LogP contribution in [0.1, 0.15) is 16.2 Å². The van der Waals surface area contributed by atoms with E-state index in [0.717, 1.165) is 0 Å². The molecule has 1 aromatic carbocycles. The summed E-state index contributed by atoms with van der Waals surface area (Å²) < 4.78 is 13.6. The Kier molecular flexibility index (Phi) is 3.28. The van der Waals surface area contributed by atoms with Crippen molar-refractivity contribution in [3.8, 4) is 0 Å². The molecule has 0 N–H and O–H groups in total. The fraction of sp³-hybridized carbons (Fsp3) is 0.200. The number of benzene rings is 1. The number of ketones is 1.